The van der Waals surface area contributed by atoms with Crippen LogP contribution in [0.25, 0.3) is 0 Å². The number of primary amides is 1. The highest BCUT2D eigenvalue weighted by Crippen LogP contribution is 2.32. The molecule has 5 amide bonds. The van der Waals surface area contributed by atoms with Crippen LogP contribution in [0.1, 0.15) is 70.4 Å². The molecule has 4 rings (SSSR count). The third kappa shape index (κ3) is 8.32. The second-order valence-corrected chi connectivity index (χ2v) is 12.8. The van der Waals surface area contributed by atoms with Crippen LogP contribution in [0.4, 0.5) is 4.79 Å². The standard InChI is InChI=1S/C31H43N5O7/c1-31(2,3)43-24(37)17-33-30(42)35-25(21-15-19-10-4-5-11-20(19)16-21)29(41)36-13-7-12-23(36)28(40)34-22(26(38)27(32)39)14-18-8-6-9-18/h4-5,10-11,18,21-23,25H,6-9,12-17H2,1-3H3,(H2,32,39)(H,34,40)(H2,33,35,42)/t22?,23-,25?/m0/s1. The van der Waals surface area contributed by atoms with Crippen LogP contribution >= 0.6 is 0 Å². The van der Waals surface area contributed by atoms with Gasteiger partial charge in [-0.1, -0.05) is 43.5 Å². The molecular weight excluding hydrogens is 554 g/mol. The van der Waals surface area contributed by atoms with Gasteiger partial charge in [-0.3, -0.25) is 24.0 Å². The number of benzene rings is 1. The fourth-order valence-electron chi connectivity index (χ4n) is 6.15. The fourth-order valence-corrected chi connectivity index (χ4v) is 6.15. The molecule has 1 aromatic rings. The number of rotatable bonds is 11. The summed E-state index contributed by atoms with van der Waals surface area (Å²) in [4.78, 5) is 78.3. The van der Waals surface area contributed by atoms with E-state index in [0.717, 1.165) is 30.4 Å². The zero-order valence-corrected chi connectivity index (χ0v) is 25.1. The smallest absolute Gasteiger partial charge is 0.325 e. The minimum atomic E-state index is -1.11. The van der Waals surface area contributed by atoms with Gasteiger partial charge in [0, 0.05) is 6.54 Å². The number of nitrogens with zero attached hydrogens (tertiary/aromatic N) is 1. The highest BCUT2D eigenvalue weighted by molar-refractivity contribution is 6.37. The van der Waals surface area contributed by atoms with Crippen LogP contribution in [-0.2, 0) is 41.6 Å². The van der Waals surface area contributed by atoms with E-state index in [-0.39, 0.29) is 18.4 Å². The Morgan fingerprint density at radius 3 is 2.19 bits per heavy atom. The van der Waals surface area contributed by atoms with E-state index in [0.29, 0.717) is 38.6 Å². The Labute approximate surface area is 251 Å². The molecule has 5 N–H and O–H groups in total. The Balaban J connectivity index is 1.47. The minimum absolute atomic E-state index is 0.228. The lowest BCUT2D eigenvalue weighted by Gasteiger charge is -2.33. The van der Waals surface area contributed by atoms with Gasteiger partial charge in [0.15, 0.2) is 0 Å². The molecule has 1 saturated heterocycles. The van der Waals surface area contributed by atoms with Crippen molar-refractivity contribution in [1.29, 1.82) is 0 Å². The molecule has 3 atom stereocenters. The average Bonchev–Trinajstić information content (AvgIpc) is 3.57. The summed E-state index contributed by atoms with van der Waals surface area (Å²) in [6.07, 6.45) is 5.24. The normalized spacial score (nSPS) is 19.9. The van der Waals surface area contributed by atoms with E-state index >= 15 is 0 Å². The molecule has 2 unspecified atom stereocenters. The summed E-state index contributed by atoms with van der Waals surface area (Å²) in [6, 6.07) is 4.25. The molecule has 0 bridgehead atoms. The van der Waals surface area contributed by atoms with Gasteiger partial charge in [-0.2, -0.15) is 0 Å². The molecule has 12 heteroatoms. The molecule has 12 nitrogen and oxygen atoms in total. The van der Waals surface area contributed by atoms with E-state index in [9.17, 15) is 28.8 Å². The molecule has 0 spiro atoms. The summed E-state index contributed by atoms with van der Waals surface area (Å²) in [6.45, 7) is 5.09. The van der Waals surface area contributed by atoms with E-state index in [4.69, 9.17) is 10.5 Å². The summed E-state index contributed by atoms with van der Waals surface area (Å²) < 4.78 is 5.25. The average molecular weight is 598 g/mol. The number of Topliss-reactive ketones (excluding diaryl/α,β-unsaturated/α-hetero) is 1. The number of hydrogen-bond donors (Lipinski definition) is 4. The Kier molecular flexibility index (Phi) is 10.1. The maximum Gasteiger partial charge on any atom is 0.325 e. The predicted molar refractivity (Wildman–Crippen MR) is 156 cm³/mol. The second-order valence-electron chi connectivity index (χ2n) is 12.8. The maximum absolute atomic E-state index is 14.1. The first kappa shape index (κ1) is 32.0. The molecule has 2 aliphatic carbocycles. The van der Waals surface area contributed by atoms with Crippen molar-refractivity contribution in [2.24, 2.45) is 17.6 Å². The van der Waals surface area contributed by atoms with Crippen LogP contribution in [-0.4, -0.2) is 77.2 Å². The molecule has 1 saturated carbocycles. The van der Waals surface area contributed by atoms with Gasteiger partial charge in [-0.15, -0.1) is 0 Å². The van der Waals surface area contributed by atoms with Gasteiger partial charge in [0.1, 0.15) is 24.2 Å². The van der Waals surface area contributed by atoms with E-state index in [1.54, 1.807) is 20.8 Å². The monoisotopic (exact) mass is 597 g/mol. The van der Waals surface area contributed by atoms with Crippen molar-refractivity contribution >= 4 is 35.5 Å². The van der Waals surface area contributed by atoms with Crippen LogP contribution in [0, 0.1) is 11.8 Å². The predicted octanol–water partition coefficient (Wildman–Crippen LogP) is 1.13. The Morgan fingerprint density at radius 1 is 0.977 bits per heavy atom. The number of likely N-dealkylation sites (tertiary alicyclic amines) is 1. The lowest BCUT2D eigenvalue weighted by Crippen LogP contribution is -2.59. The number of amides is 5. The largest absolute Gasteiger partial charge is 0.459 e. The summed E-state index contributed by atoms with van der Waals surface area (Å²) in [5.74, 6) is -3.55. The van der Waals surface area contributed by atoms with Crippen molar-refractivity contribution in [3.05, 3.63) is 35.4 Å². The van der Waals surface area contributed by atoms with Crippen molar-refractivity contribution in [2.75, 3.05) is 13.1 Å². The van der Waals surface area contributed by atoms with Gasteiger partial charge in [0.05, 0.1) is 6.04 Å². The molecule has 0 aromatic heterocycles. The zero-order chi connectivity index (χ0) is 31.3. The van der Waals surface area contributed by atoms with Crippen molar-refractivity contribution in [3.63, 3.8) is 0 Å². The maximum atomic E-state index is 14.1. The molecular formula is C31H43N5O7. The minimum Gasteiger partial charge on any atom is -0.459 e. The summed E-state index contributed by atoms with van der Waals surface area (Å²) in [5.41, 5.74) is 6.72. The van der Waals surface area contributed by atoms with Gasteiger partial charge < -0.3 is 31.3 Å². The van der Waals surface area contributed by atoms with Crippen molar-refractivity contribution in [3.8, 4) is 0 Å². The molecule has 1 aromatic carbocycles. The number of carbonyl (C=O) groups excluding carboxylic acids is 6. The number of ether oxygens (including phenoxy) is 1. The van der Waals surface area contributed by atoms with Crippen LogP contribution in [0.3, 0.4) is 0 Å². The first-order valence-electron chi connectivity index (χ1n) is 15.1. The van der Waals surface area contributed by atoms with E-state index in [1.165, 1.54) is 4.90 Å². The first-order valence-corrected chi connectivity index (χ1v) is 15.1. The molecule has 2 fully saturated rings. The highest BCUT2D eigenvalue weighted by atomic mass is 16.6. The number of hydrogen-bond acceptors (Lipinski definition) is 7. The fraction of sp³-hybridized carbons (Fsp3) is 0.613. The molecule has 43 heavy (non-hydrogen) atoms. The summed E-state index contributed by atoms with van der Waals surface area (Å²) in [5, 5.41) is 7.95. The number of nitrogens with two attached hydrogens (primary N) is 1. The summed E-state index contributed by atoms with van der Waals surface area (Å²) >= 11 is 0. The lowest BCUT2D eigenvalue weighted by atomic mass is 9.80. The lowest BCUT2D eigenvalue weighted by molar-refractivity contribution is -0.153. The molecule has 1 aliphatic heterocycles. The van der Waals surface area contributed by atoms with Crippen LogP contribution in [0.2, 0.25) is 0 Å². The number of esters is 1. The van der Waals surface area contributed by atoms with Gasteiger partial charge in [0.2, 0.25) is 17.6 Å². The topological polar surface area (TPSA) is 177 Å². The zero-order valence-electron chi connectivity index (χ0n) is 25.1. The third-order valence-electron chi connectivity index (χ3n) is 8.43. The van der Waals surface area contributed by atoms with Gasteiger partial charge >= 0.3 is 12.0 Å². The van der Waals surface area contributed by atoms with E-state index < -0.39 is 59.2 Å². The Bertz CT molecular complexity index is 1230. The van der Waals surface area contributed by atoms with Crippen molar-refractivity contribution in [1.82, 2.24) is 20.9 Å². The number of urea groups is 1. The van der Waals surface area contributed by atoms with Gasteiger partial charge in [-0.05, 0) is 75.8 Å². The number of ketones is 1. The molecule has 0 radical (unpaired) electrons. The van der Waals surface area contributed by atoms with Crippen molar-refractivity contribution in [2.45, 2.75) is 95.9 Å². The molecule has 1 heterocycles. The number of carbonyl (C=O) groups is 6. The highest BCUT2D eigenvalue weighted by Gasteiger charge is 2.43. The number of nitrogens with one attached hydrogen (secondary N) is 3. The SMILES string of the molecule is CC(C)(C)OC(=O)CNC(=O)NC(C(=O)N1CCC[C@H]1C(=O)NC(CC1CCC1)C(=O)C(N)=O)C1Cc2ccccc2C1. The van der Waals surface area contributed by atoms with Crippen LogP contribution in [0.5, 0.6) is 0 Å². The Hall–Kier alpha value is -3.96. The van der Waals surface area contributed by atoms with E-state index in [2.05, 4.69) is 16.0 Å². The molecule has 3 aliphatic rings. The van der Waals surface area contributed by atoms with Gasteiger partial charge in [-0.25, -0.2) is 4.79 Å². The van der Waals surface area contributed by atoms with Crippen LogP contribution in [0.15, 0.2) is 24.3 Å². The third-order valence-corrected chi connectivity index (χ3v) is 8.43. The summed E-state index contributed by atoms with van der Waals surface area (Å²) in [7, 11) is 0. The quantitative estimate of drug-likeness (QED) is 0.218. The Morgan fingerprint density at radius 2 is 1.63 bits per heavy atom. The van der Waals surface area contributed by atoms with E-state index in [1.807, 2.05) is 24.3 Å². The second kappa shape index (κ2) is 13.6. The van der Waals surface area contributed by atoms with Gasteiger partial charge in [0.25, 0.3) is 5.91 Å². The van der Waals surface area contributed by atoms with Crippen molar-refractivity contribution < 1.29 is 33.5 Å². The van der Waals surface area contributed by atoms with Crippen LogP contribution < -0.4 is 21.7 Å². The molecule has 234 valence electrons. The first-order chi connectivity index (χ1) is 20.3. The number of fused-ring (bicyclic) bond motifs is 1.